The normalized spacial score (nSPS) is 16.4. The van der Waals surface area contributed by atoms with Gasteiger partial charge in [0.25, 0.3) is 0 Å². The van der Waals surface area contributed by atoms with E-state index in [1.54, 1.807) is 0 Å². The number of hydrogen-bond acceptors (Lipinski definition) is 1. The van der Waals surface area contributed by atoms with Crippen LogP contribution in [0.2, 0.25) is 0 Å². The fourth-order valence-electron chi connectivity index (χ4n) is 3.35. The third-order valence-electron chi connectivity index (χ3n) is 4.20. The van der Waals surface area contributed by atoms with Crippen molar-refractivity contribution in [3.63, 3.8) is 0 Å². The van der Waals surface area contributed by atoms with Gasteiger partial charge in [0, 0.05) is 37.6 Å². The maximum atomic E-state index is 2.42. The van der Waals surface area contributed by atoms with Crippen LogP contribution in [-0.2, 0) is 20.0 Å². The summed E-state index contributed by atoms with van der Waals surface area (Å²) in [6.45, 7) is 6.52. The Morgan fingerprint density at radius 3 is 2.74 bits per heavy atom. The Labute approximate surface area is 115 Å². The molecule has 0 saturated heterocycles. The minimum Gasteiger partial charge on any atom is -0.347 e. The average molecular weight is 254 g/mol. The van der Waals surface area contributed by atoms with E-state index < -0.39 is 0 Å². The number of likely N-dealkylation sites (N-methyl/N-ethyl adjacent to an activating group) is 1. The van der Waals surface area contributed by atoms with E-state index in [1.165, 1.54) is 33.3 Å². The fourth-order valence-corrected chi connectivity index (χ4v) is 3.35. The molecule has 0 N–H and O–H groups in total. The van der Waals surface area contributed by atoms with Gasteiger partial charge in [-0.25, -0.2) is 0 Å². The molecule has 2 heterocycles. The van der Waals surface area contributed by atoms with Crippen molar-refractivity contribution in [2.24, 2.45) is 7.05 Å². The highest BCUT2D eigenvalue weighted by Crippen LogP contribution is 2.33. The number of benzene rings is 1. The van der Waals surface area contributed by atoms with Crippen molar-refractivity contribution in [1.82, 2.24) is 9.47 Å². The van der Waals surface area contributed by atoms with Gasteiger partial charge in [0.15, 0.2) is 0 Å². The third-order valence-corrected chi connectivity index (χ3v) is 4.20. The number of rotatable bonds is 1. The lowest BCUT2D eigenvalue weighted by molar-refractivity contribution is 0.310. The van der Waals surface area contributed by atoms with E-state index >= 15 is 0 Å². The van der Waals surface area contributed by atoms with Crippen molar-refractivity contribution in [3.05, 3.63) is 40.6 Å². The number of allylic oxidation sites excluding steroid dienone is 1. The van der Waals surface area contributed by atoms with Crippen molar-refractivity contribution >= 4 is 17.0 Å². The van der Waals surface area contributed by atoms with E-state index in [2.05, 4.69) is 61.7 Å². The van der Waals surface area contributed by atoms with Crippen LogP contribution in [0.25, 0.3) is 17.0 Å². The average Bonchev–Trinajstić information content (AvgIpc) is 2.63. The van der Waals surface area contributed by atoms with Gasteiger partial charge in [-0.1, -0.05) is 12.2 Å². The van der Waals surface area contributed by atoms with Gasteiger partial charge in [0.1, 0.15) is 0 Å². The lowest BCUT2D eigenvalue weighted by Gasteiger charge is -2.23. The maximum absolute atomic E-state index is 2.42. The summed E-state index contributed by atoms with van der Waals surface area (Å²) in [5.41, 5.74) is 7.13. The van der Waals surface area contributed by atoms with Crippen molar-refractivity contribution in [1.29, 1.82) is 0 Å². The lowest BCUT2D eigenvalue weighted by atomic mass is 10.0. The molecule has 0 atom stereocenters. The molecule has 0 saturated carbocycles. The molecule has 0 fully saturated rings. The van der Waals surface area contributed by atoms with Gasteiger partial charge >= 0.3 is 0 Å². The van der Waals surface area contributed by atoms with E-state index in [1.807, 2.05) is 0 Å². The van der Waals surface area contributed by atoms with Gasteiger partial charge in [-0.3, -0.25) is 0 Å². The second-order valence-electron chi connectivity index (χ2n) is 5.72. The van der Waals surface area contributed by atoms with E-state index in [9.17, 15) is 0 Å². The summed E-state index contributed by atoms with van der Waals surface area (Å²) in [6.07, 6.45) is 5.52. The van der Waals surface area contributed by atoms with Gasteiger partial charge in [-0.15, -0.1) is 0 Å². The third kappa shape index (κ3) is 1.91. The second-order valence-corrected chi connectivity index (χ2v) is 5.72. The van der Waals surface area contributed by atoms with Crippen LogP contribution in [0.3, 0.4) is 0 Å². The summed E-state index contributed by atoms with van der Waals surface area (Å²) in [7, 11) is 4.43. The van der Waals surface area contributed by atoms with Crippen LogP contribution in [0, 0.1) is 6.92 Å². The van der Waals surface area contributed by atoms with Crippen LogP contribution < -0.4 is 0 Å². The molecule has 1 aliphatic heterocycles. The van der Waals surface area contributed by atoms with Crippen molar-refractivity contribution < 1.29 is 0 Å². The SMILES string of the molecule is C/C=C/c1cc(C)cc2c3c(n(C)c12)CCN(C)C3. The smallest absolute Gasteiger partial charge is 0.0556 e. The Bertz CT molecular complexity index is 662. The number of fused-ring (bicyclic) bond motifs is 3. The minimum atomic E-state index is 1.07. The Morgan fingerprint density at radius 1 is 1.21 bits per heavy atom. The molecule has 2 nitrogen and oxygen atoms in total. The second kappa shape index (κ2) is 4.53. The zero-order valence-electron chi connectivity index (χ0n) is 12.3. The molecule has 0 aliphatic carbocycles. The van der Waals surface area contributed by atoms with E-state index in [-0.39, 0.29) is 0 Å². The first-order valence-corrected chi connectivity index (χ1v) is 7.04. The number of hydrogen-bond donors (Lipinski definition) is 0. The molecular formula is C17H22N2. The van der Waals surface area contributed by atoms with Gasteiger partial charge in [-0.2, -0.15) is 0 Å². The standard InChI is InChI=1S/C17H22N2/c1-5-6-13-9-12(2)10-14-15-11-18(3)8-7-16(15)19(4)17(13)14/h5-6,9-10H,7-8,11H2,1-4H3/b6-5+. The molecule has 1 aromatic heterocycles. The molecule has 1 aliphatic rings. The van der Waals surface area contributed by atoms with Gasteiger partial charge in [0.05, 0.1) is 5.52 Å². The molecule has 2 aromatic rings. The Morgan fingerprint density at radius 2 is 2.00 bits per heavy atom. The summed E-state index contributed by atoms with van der Waals surface area (Å²) < 4.78 is 2.41. The predicted molar refractivity (Wildman–Crippen MR) is 82.4 cm³/mol. The summed E-state index contributed by atoms with van der Waals surface area (Å²) in [6, 6.07) is 4.64. The van der Waals surface area contributed by atoms with Crippen molar-refractivity contribution in [2.75, 3.05) is 13.6 Å². The molecule has 0 amide bonds. The van der Waals surface area contributed by atoms with Crippen LogP contribution in [0.15, 0.2) is 18.2 Å². The van der Waals surface area contributed by atoms with E-state index in [0.717, 1.165) is 19.5 Å². The zero-order chi connectivity index (χ0) is 13.6. The fraction of sp³-hybridized carbons (Fsp3) is 0.412. The maximum Gasteiger partial charge on any atom is 0.0556 e. The molecule has 2 heteroatoms. The molecule has 0 unspecified atom stereocenters. The number of aryl methyl sites for hydroxylation is 2. The first-order valence-electron chi connectivity index (χ1n) is 7.04. The number of nitrogens with zero attached hydrogens (tertiary/aromatic N) is 2. The monoisotopic (exact) mass is 254 g/mol. The van der Waals surface area contributed by atoms with Crippen LogP contribution >= 0.6 is 0 Å². The minimum absolute atomic E-state index is 1.07. The highest BCUT2D eigenvalue weighted by molar-refractivity contribution is 5.93. The molecule has 3 rings (SSSR count). The Kier molecular flexibility index (Phi) is 2.98. The quantitative estimate of drug-likeness (QED) is 0.756. The van der Waals surface area contributed by atoms with Crippen LogP contribution in [-0.4, -0.2) is 23.1 Å². The molecule has 0 spiro atoms. The predicted octanol–water partition coefficient (Wildman–Crippen LogP) is 3.51. The highest BCUT2D eigenvalue weighted by atomic mass is 15.1. The first kappa shape index (κ1) is 12.5. The zero-order valence-corrected chi connectivity index (χ0v) is 12.3. The lowest BCUT2D eigenvalue weighted by Crippen LogP contribution is -2.26. The molecule has 1 aromatic carbocycles. The van der Waals surface area contributed by atoms with Crippen LogP contribution in [0.5, 0.6) is 0 Å². The summed E-state index contributed by atoms with van der Waals surface area (Å²) in [5.74, 6) is 0. The summed E-state index contributed by atoms with van der Waals surface area (Å²) >= 11 is 0. The van der Waals surface area contributed by atoms with Gasteiger partial charge in [-0.05, 0) is 49.7 Å². The molecule has 0 radical (unpaired) electrons. The summed E-state index contributed by atoms with van der Waals surface area (Å²) in [4.78, 5) is 2.42. The first-order chi connectivity index (χ1) is 9.11. The van der Waals surface area contributed by atoms with Crippen LogP contribution in [0.4, 0.5) is 0 Å². The highest BCUT2D eigenvalue weighted by Gasteiger charge is 2.21. The van der Waals surface area contributed by atoms with Crippen molar-refractivity contribution in [2.45, 2.75) is 26.8 Å². The van der Waals surface area contributed by atoms with Crippen LogP contribution in [0.1, 0.15) is 29.3 Å². The Balaban J connectivity index is 2.36. The van der Waals surface area contributed by atoms with Gasteiger partial charge in [0.2, 0.25) is 0 Å². The van der Waals surface area contributed by atoms with Crippen molar-refractivity contribution in [3.8, 4) is 0 Å². The van der Waals surface area contributed by atoms with E-state index in [0.29, 0.717) is 0 Å². The topological polar surface area (TPSA) is 8.17 Å². The molecule has 19 heavy (non-hydrogen) atoms. The summed E-state index contributed by atoms with van der Waals surface area (Å²) in [5, 5.41) is 1.44. The Hall–Kier alpha value is -1.54. The molecular weight excluding hydrogens is 232 g/mol. The largest absolute Gasteiger partial charge is 0.347 e. The number of aromatic nitrogens is 1. The molecule has 100 valence electrons. The molecule has 0 bridgehead atoms. The van der Waals surface area contributed by atoms with Gasteiger partial charge < -0.3 is 9.47 Å². The van der Waals surface area contributed by atoms with E-state index in [4.69, 9.17) is 0 Å².